The number of nitrogens with zero attached hydrogens (tertiary/aromatic N) is 3. The molecule has 0 aliphatic carbocycles. The lowest BCUT2D eigenvalue weighted by atomic mass is 10.0. The number of hydrogen-bond donors (Lipinski definition) is 1. The number of benzene rings is 1. The highest BCUT2D eigenvalue weighted by atomic mass is 32.1. The number of thiazole rings is 1. The summed E-state index contributed by atoms with van der Waals surface area (Å²) in [6, 6.07) is 9.39. The van der Waals surface area contributed by atoms with E-state index in [2.05, 4.69) is 9.97 Å². The van der Waals surface area contributed by atoms with Crippen LogP contribution in [-0.2, 0) is 0 Å². The number of rotatable bonds is 4. The van der Waals surface area contributed by atoms with Crippen molar-refractivity contribution in [1.29, 1.82) is 0 Å². The topological polar surface area (TPSA) is 81.3 Å². The second-order valence-corrected chi connectivity index (χ2v) is 7.60. The van der Waals surface area contributed by atoms with Gasteiger partial charge in [0.15, 0.2) is 0 Å². The zero-order valence-corrected chi connectivity index (χ0v) is 16.5. The minimum absolute atomic E-state index is 0.00848. The van der Waals surface area contributed by atoms with E-state index in [0.29, 0.717) is 30.2 Å². The Hall–Kier alpha value is -2.93. The molecule has 1 saturated heterocycles. The Morgan fingerprint density at radius 3 is 2.96 bits per heavy atom. The number of ether oxygens (including phenoxy) is 1. The quantitative estimate of drug-likeness (QED) is 0.728. The van der Waals surface area contributed by atoms with Crippen molar-refractivity contribution < 1.29 is 9.53 Å². The second-order valence-electron chi connectivity index (χ2n) is 6.88. The van der Waals surface area contributed by atoms with E-state index in [4.69, 9.17) is 10.5 Å². The number of nitrogen functional groups attached to an aromatic ring is 1. The van der Waals surface area contributed by atoms with Crippen LogP contribution < -0.4 is 10.5 Å². The maximum absolute atomic E-state index is 13.2. The molecule has 1 unspecified atom stereocenters. The summed E-state index contributed by atoms with van der Waals surface area (Å²) in [6.07, 6.45) is 3.31. The van der Waals surface area contributed by atoms with Crippen molar-refractivity contribution in [2.75, 3.05) is 18.8 Å². The van der Waals surface area contributed by atoms with Gasteiger partial charge < -0.3 is 15.4 Å². The van der Waals surface area contributed by atoms with Gasteiger partial charge in [0.25, 0.3) is 5.91 Å². The maximum Gasteiger partial charge on any atom is 0.254 e. The molecule has 1 aromatic carbocycles. The molecule has 0 radical (unpaired) electrons. The van der Waals surface area contributed by atoms with Crippen LogP contribution in [0.25, 0.3) is 11.3 Å². The number of pyridine rings is 1. The first kappa shape index (κ1) is 18.4. The molecule has 7 heteroatoms. The lowest BCUT2D eigenvalue weighted by Gasteiger charge is -2.33. The number of anilines is 1. The van der Waals surface area contributed by atoms with Crippen molar-refractivity contribution in [3.63, 3.8) is 0 Å². The summed E-state index contributed by atoms with van der Waals surface area (Å²) < 4.78 is 6.09. The first-order chi connectivity index (χ1) is 13.6. The molecule has 1 amide bonds. The summed E-state index contributed by atoms with van der Waals surface area (Å²) >= 11 is 1.52. The van der Waals surface area contributed by atoms with Gasteiger partial charge >= 0.3 is 0 Å². The molecule has 1 aliphatic rings. The van der Waals surface area contributed by atoms with E-state index in [1.54, 1.807) is 17.8 Å². The monoisotopic (exact) mass is 394 g/mol. The minimum atomic E-state index is -0.0999. The smallest absolute Gasteiger partial charge is 0.254 e. The van der Waals surface area contributed by atoms with Crippen LogP contribution in [0, 0.1) is 6.92 Å². The predicted molar refractivity (Wildman–Crippen MR) is 110 cm³/mol. The third-order valence-corrected chi connectivity index (χ3v) is 5.60. The molecule has 2 aromatic heterocycles. The van der Waals surface area contributed by atoms with Crippen molar-refractivity contribution in [3.05, 3.63) is 58.5 Å². The predicted octanol–water partition coefficient (Wildman–Crippen LogP) is 3.78. The number of hydrogen-bond acceptors (Lipinski definition) is 6. The summed E-state index contributed by atoms with van der Waals surface area (Å²) in [5, 5.41) is 1.96. The molecule has 4 rings (SSSR count). The van der Waals surface area contributed by atoms with Crippen molar-refractivity contribution in [2.45, 2.75) is 25.9 Å². The van der Waals surface area contributed by atoms with Crippen molar-refractivity contribution in [1.82, 2.24) is 14.9 Å². The first-order valence-electron chi connectivity index (χ1n) is 9.28. The fourth-order valence-corrected chi connectivity index (χ4v) is 3.99. The van der Waals surface area contributed by atoms with Crippen LogP contribution in [0.4, 0.5) is 5.69 Å². The Balaban J connectivity index is 1.52. The highest BCUT2D eigenvalue weighted by molar-refractivity contribution is 7.07. The first-order valence-corrected chi connectivity index (χ1v) is 10.2. The average Bonchev–Trinajstić information content (AvgIpc) is 3.26. The SMILES string of the molecule is Cc1c(N)ccnc1OC1CCCN(C(=O)c2ccccc2-c2cscn2)C1. The van der Waals surface area contributed by atoms with Gasteiger partial charge in [0, 0.05) is 40.5 Å². The zero-order valence-electron chi connectivity index (χ0n) is 15.7. The largest absolute Gasteiger partial charge is 0.472 e. The van der Waals surface area contributed by atoms with Crippen LogP contribution in [-0.4, -0.2) is 40.0 Å². The van der Waals surface area contributed by atoms with Crippen LogP contribution in [0.3, 0.4) is 0 Å². The summed E-state index contributed by atoms with van der Waals surface area (Å²) in [5.41, 5.74) is 11.6. The number of likely N-dealkylation sites (tertiary alicyclic amines) is 1. The number of carbonyl (C=O) groups is 1. The van der Waals surface area contributed by atoms with E-state index in [0.717, 1.165) is 29.7 Å². The number of aromatic nitrogens is 2. The molecular formula is C21H22N4O2S. The van der Waals surface area contributed by atoms with Gasteiger partial charge in [0.1, 0.15) is 6.10 Å². The summed E-state index contributed by atoms with van der Waals surface area (Å²) in [6.45, 7) is 3.14. The van der Waals surface area contributed by atoms with Crippen LogP contribution >= 0.6 is 11.3 Å². The second kappa shape index (κ2) is 7.98. The van der Waals surface area contributed by atoms with E-state index in [-0.39, 0.29) is 12.0 Å². The third-order valence-electron chi connectivity index (χ3n) is 5.01. The molecule has 0 saturated carbocycles. The van der Waals surface area contributed by atoms with Gasteiger partial charge in [-0.2, -0.15) is 0 Å². The third kappa shape index (κ3) is 3.71. The van der Waals surface area contributed by atoms with Crippen LogP contribution in [0.5, 0.6) is 5.88 Å². The van der Waals surface area contributed by atoms with Gasteiger partial charge in [-0.05, 0) is 31.9 Å². The Labute approximate surface area is 168 Å². The summed E-state index contributed by atoms with van der Waals surface area (Å²) in [4.78, 5) is 23.8. The van der Waals surface area contributed by atoms with Gasteiger partial charge in [-0.1, -0.05) is 18.2 Å². The van der Waals surface area contributed by atoms with E-state index in [1.165, 1.54) is 11.3 Å². The number of carbonyl (C=O) groups excluding carboxylic acids is 1. The molecule has 0 spiro atoms. The average molecular weight is 395 g/mol. The molecule has 3 heterocycles. The Morgan fingerprint density at radius 1 is 1.29 bits per heavy atom. The van der Waals surface area contributed by atoms with Gasteiger partial charge in [-0.15, -0.1) is 11.3 Å². The van der Waals surface area contributed by atoms with E-state index in [9.17, 15) is 4.79 Å². The van der Waals surface area contributed by atoms with Crippen LogP contribution in [0.1, 0.15) is 28.8 Å². The van der Waals surface area contributed by atoms with Crippen LogP contribution in [0.2, 0.25) is 0 Å². The zero-order chi connectivity index (χ0) is 19.5. The Morgan fingerprint density at radius 2 is 2.14 bits per heavy atom. The normalized spacial score (nSPS) is 16.8. The molecule has 144 valence electrons. The van der Waals surface area contributed by atoms with Crippen LogP contribution in [0.15, 0.2) is 47.4 Å². The lowest BCUT2D eigenvalue weighted by Crippen LogP contribution is -2.44. The Kier molecular flexibility index (Phi) is 5.25. The molecule has 1 fully saturated rings. The van der Waals surface area contributed by atoms with Gasteiger partial charge in [0.05, 0.1) is 17.7 Å². The van der Waals surface area contributed by atoms with Gasteiger partial charge in [0.2, 0.25) is 5.88 Å². The highest BCUT2D eigenvalue weighted by Crippen LogP contribution is 2.27. The highest BCUT2D eigenvalue weighted by Gasteiger charge is 2.28. The lowest BCUT2D eigenvalue weighted by molar-refractivity contribution is 0.0527. The molecule has 1 aliphatic heterocycles. The Bertz CT molecular complexity index is 974. The maximum atomic E-state index is 13.2. The molecule has 2 N–H and O–H groups in total. The minimum Gasteiger partial charge on any atom is -0.472 e. The standard InChI is InChI=1S/C21H22N4O2S/c1-14-18(22)8-9-23-20(14)27-15-5-4-10-25(11-15)21(26)17-7-3-2-6-16(17)19-12-28-13-24-19/h2-3,6-9,12-13,15H,4-5,10-11H2,1H3,(H2,22,23). The van der Waals surface area contributed by atoms with Crippen molar-refractivity contribution >= 4 is 22.9 Å². The molecule has 1 atom stereocenters. The van der Waals surface area contributed by atoms with E-state index in [1.807, 2.05) is 41.5 Å². The fourth-order valence-electron chi connectivity index (χ4n) is 3.43. The number of piperidine rings is 1. The molecule has 3 aromatic rings. The summed E-state index contributed by atoms with van der Waals surface area (Å²) in [7, 11) is 0. The van der Waals surface area contributed by atoms with Gasteiger partial charge in [-0.25, -0.2) is 9.97 Å². The van der Waals surface area contributed by atoms with E-state index < -0.39 is 0 Å². The molecule has 6 nitrogen and oxygen atoms in total. The number of amides is 1. The van der Waals surface area contributed by atoms with Crippen molar-refractivity contribution in [2.24, 2.45) is 0 Å². The van der Waals surface area contributed by atoms with E-state index >= 15 is 0 Å². The molecule has 28 heavy (non-hydrogen) atoms. The molecular weight excluding hydrogens is 372 g/mol. The summed E-state index contributed by atoms with van der Waals surface area (Å²) in [5.74, 6) is 0.552. The van der Waals surface area contributed by atoms with Gasteiger partial charge in [-0.3, -0.25) is 4.79 Å². The fraction of sp³-hybridized carbons (Fsp3) is 0.286. The van der Waals surface area contributed by atoms with Crippen molar-refractivity contribution in [3.8, 4) is 17.1 Å². The molecule has 0 bridgehead atoms. The number of nitrogens with two attached hydrogens (primary N) is 1.